The molecular formula is C14H20N4. The molecule has 1 unspecified atom stereocenters. The maximum Gasteiger partial charge on any atom is 0.239 e. The number of hydrogen-bond donors (Lipinski definition) is 2. The van der Waals surface area contributed by atoms with Gasteiger partial charge in [-0.15, -0.1) is 5.10 Å². The lowest BCUT2D eigenvalue weighted by atomic mass is 9.96. The third kappa shape index (κ3) is 2.88. The molecule has 2 aromatic rings. The number of nitrogens with two attached hydrogens (primary N) is 1. The van der Waals surface area contributed by atoms with Gasteiger partial charge in [0.2, 0.25) is 5.95 Å². The van der Waals surface area contributed by atoms with Crippen LogP contribution in [0.2, 0.25) is 0 Å². The molecule has 2 rings (SSSR count). The van der Waals surface area contributed by atoms with Crippen LogP contribution in [0.4, 0.5) is 5.95 Å². The Morgan fingerprint density at radius 3 is 2.33 bits per heavy atom. The topological polar surface area (TPSA) is 67.6 Å². The first-order valence-corrected chi connectivity index (χ1v) is 6.33. The first-order valence-electron chi connectivity index (χ1n) is 6.33. The van der Waals surface area contributed by atoms with Gasteiger partial charge in [0.05, 0.1) is 0 Å². The highest BCUT2D eigenvalue weighted by atomic mass is 15.3. The summed E-state index contributed by atoms with van der Waals surface area (Å²) in [6.07, 6.45) is 1.11. The number of nitrogens with one attached hydrogen (secondary N) is 1. The Balaban J connectivity index is 2.14. The molecule has 0 spiro atoms. The van der Waals surface area contributed by atoms with Crippen LogP contribution in [0.25, 0.3) is 0 Å². The molecule has 1 atom stereocenters. The minimum absolute atomic E-state index is 0.183. The van der Waals surface area contributed by atoms with E-state index in [4.69, 9.17) is 5.73 Å². The predicted molar refractivity (Wildman–Crippen MR) is 73.3 cm³/mol. The summed E-state index contributed by atoms with van der Waals surface area (Å²) in [6, 6.07) is 8.68. The Labute approximate surface area is 108 Å². The fourth-order valence-electron chi connectivity index (χ4n) is 2.05. The van der Waals surface area contributed by atoms with Crippen molar-refractivity contribution in [2.24, 2.45) is 5.92 Å². The number of rotatable bonds is 4. The lowest BCUT2D eigenvalue weighted by Gasteiger charge is -2.10. The van der Waals surface area contributed by atoms with Crippen molar-refractivity contribution in [3.05, 3.63) is 41.2 Å². The van der Waals surface area contributed by atoms with Gasteiger partial charge < -0.3 is 5.73 Å². The zero-order valence-electron chi connectivity index (χ0n) is 11.1. The molecule has 0 aliphatic rings. The highest BCUT2D eigenvalue weighted by molar-refractivity contribution is 5.29. The standard InChI is InChI=1S/C14H20N4/c1-9(2)8-11-4-6-12(7-5-11)10(3)13-16-14(15)18-17-13/h4-7,9-10H,8H2,1-3H3,(H3,15,16,17,18). The van der Waals surface area contributed by atoms with E-state index in [1.165, 1.54) is 11.1 Å². The van der Waals surface area contributed by atoms with Crippen molar-refractivity contribution in [3.63, 3.8) is 0 Å². The summed E-state index contributed by atoms with van der Waals surface area (Å²) >= 11 is 0. The second-order valence-corrected chi connectivity index (χ2v) is 5.14. The van der Waals surface area contributed by atoms with Gasteiger partial charge >= 0.3 is 0 Å². The van der Waals surface area contributed by atoms with Crippen molar-refractivity contribution in [3.8, 4) is 0 Å². The maximum absolute atomic E-state index is 5.52. The molecule has 0 amide bonds. The zero-order valence-corrected chi connectivity index (χ0v) is 11.1. The van der Waals surface area contributed by atoms with E-state index < -0.39 is 0 Å². The van der Waals surface area contributed by atoms with Crippen LogP contribution in [0.5, 0.6) is 0 Å². The van der Waals surface area contributed by atoms with Crippen LogP contribution >= 0.6 is 0 Å². The molecule has 96 valence electrons. The molecular weight excluding hydrogens is 224 g/mol. The van der Waals surface area contributed by atoms with E-state index in [0.29, 0.717) is 11.9 Å². The van der Waals surface area contributed by atoms with Gasteiger partial charge in [-0.25, -0.2) is 0 Å². The van der Waals surface area contributed by atoms with E-state index in [1.807, 2.05) is 0 Å². The number of aromatic amines is 1. The highest BCUT2D eigenvalue weighted by Gasteiger charge is 2.12. The molecule has 3 N–H and O–H groups in total. The fourth-order valence-corrected chi connectivity index (χ4v) is 2.05. The Bertz CT molecular complexity index is 499. The van der Waals surface area contributed by atoms with Crippen LogP contribution in [-0.2, 0) is 6.42 Å². The summed E-state index contributed by atoms with van der Waals surface area (Å²) in [5.41, 5.74) is 8.11. The van der Waals surface area contributed by atoms with Crippen molar-refractivity contribution in [2.45, 2.75) is 33.1 Å². The number of H-pyrrole nitrogens is 1. The number of anilines is 1. The highest BCUT2D eigenvalue weighted by Crippen LogP contribution is 2.22. The molecule has 0 saturated carbocycles. The number of nitrogen functional groups attached to an aromatic ring is 1. The SMILES string of the molecule is CC(C)Cc1ccc(C(C)c2nc(N)n[nH]2)cc1. The zero-order chi connectivity index (χ0) is 13.1. The van der Waals surface area contributed by atoms with Crippen LogP contribution in [-0.4, -0.2) is 15.2 Å². The second kappa shape index (κ2) is 5.21. The second-order valence-electron chi connectivity index (χ2n) is 5.14. The van der Waals surface area contributed by atoms with Crippen LogP contribution in [0.1, 0.15) is 43.6 Å². The van der Waals surface area contributed by atoms with E-state index >= 15 is 0 Å². The molecule has 1 heterocycles. The van der Waals surface area contributed by atoms with E-state index in [0.717, 1.165) is 12.2 Å². The average molecular weight is 244 g/mol. The number of aromatic nitrogens is 3. The summed E-state index contributed by atoms with van der Waals surface area (Å²) in [7, 11) is 0. The van der Waals surface area contributed by atoms with Gasteiger partial charge in [0.1, 0.15) is 5.82 Å². The van der Waals surface area contributed by atoms with Crippen molar-refractivity contribution in [1.82, 2.24) is 15.2 Å². The van der Waals surface area contributed by atoms with Crippen molar-refractivity contribution >= 4 is 5.95 Å². The maximum atomic E-state index is 5.52. The molecule has 0 aliphatic carbocycles. The lowest BCUT2D eigenvalue weighted by Crippen LogP contribution is -2.00. The van der Waals surface area contributed by atoms with Crippen LogP contribution < -0.4 is 5.73 Å². The van der Waals surface area contributed by atoms with Crippen molar-refractivity contribution in [2.75, 3.05) is 5.73 Å². The molecule has 1 aromatic heterocycles. The summed E-state index contributed by atoms with van der Waals surface area (Å²) in [5.74, 6) is 1.97. The Morgan fingerprint density at radius 1 is 1.17 bits per heavy atom. The molecule has 0 bridgehead atoms. The number of benzene rings is 1. The third-order valence-electron chi connectivity index (χ3n) is 3.05. The van der Waals surface area contributed by atoms with Crippen LogP contribution in [0.15, 0.2) is 24.3 Å². The summed E-state index contributed by atoms with van der Waals surface area (Å²) in [4.78, 5) is 4.17. The van der Waals surface area contributed by atoms with Gasteiger partial charge in [0.25, 0.3) is 0 Å². The number of nitrogens with zero attached hydrogens (tertiary/aromatic N) is 2. The molecule has 4 nitrogen and oxygen atoms in total. The summed E-state index contributed by atoms with van der Waals surface area (Å²) in [6.45, 7) is 6.55. The fraction of sp³-hybridized carbons (Fsp3) is 0.429. The average Bonchev–Trinajstić information content (AvgIpc) is 2.75. The van der Waals surface area contributed by atoms with Gasteiger partial charge in [0, 0.05) is 5.92 Å². The van der Waals surface area contributed by atoms with Gasteiger partial charge in [0.15, 0.2) is 0 Å². The summed E-state index contributed by atoms with van der Waals surface area (Å²) in [5, 5.41) is 6.73. The Kier molecular flexibility index (Phi) is 3.65. The summed E-state index contributed by atoms with van der Waals surface area (Å²) < 4.78 is 0. The largest absolute Gasteiger partial charge is 0.367 e. The van der Waals surface area contributed by atoms with Crippen LogP contribution in [0, 0.1) is 5.92 Å². The number of hydrogen-bond acceptors (Lipinski definition) is 3. The molecule has 0 radical (unpaired) electrons. The van der Waals surface area contributed by atoms with E-state index in [9.17, 15) is 0 Å². The minimum atomic E-state index is 0.183. The van der Waals surface area contributed by atoms with Crippen LogP contribution in [0.3, 0.4) is 0 Å². The molecule has 4 heteroatoms. The molecule has 0 aliphatic heterocycles. The van der Waals surface area contributed by atoms with Crippen molar-refractivity contribution in [1.29, 1.82) is 0 Å². The normalized spacial score (nSPS) is 12.9. The van der Waals surface area contributed by atoms with E-state index in [2.05, 4.69) is 60.2 Å². The van der Waals surface area contributed by atoms with Gasteiger partial charge in [-0.2, -0.15) is 4.98 Å². The van der Waals surface area contributed by atoms with Gasteiger partial charge in [-0.3, -0.25) is 5.10 Å². The lowest BCUT2D eigenvalue weighted by molar-refractivity contribution is 0.647. The van der Waals surface area contributed by atoms with Gasteiger partial charge in [-0.05, 0) is 23.5 Å². The predicted octanol–water partition coefficient (Wildman–Crippen LogP) is 2.74. The molecule has 0 fully saturated rings. The molecule has 1 aromatic carbocycles. The quantitative estimate of drug-likeness (QED) is 0.869. The Morgan fingerprint density at radius 2 is 1.83 bits per heavy atom. The van der Waals surface area contributed by atoms with E-state index in [-0.39, 0.29) is 5.92 Å². The molecule has 0 saturated heterocycles. The van der Waals surface area contributed by atoms with E-state index in [1.54, 1.807) is 0 Å². The first-order chi connectivity index (χ1) is 8.56. The Hall–Kier alpha value is -1.84. The minimum Gasteiger partial charge on any atom is -0.367 e. The van der Waals surface area contributed by atoms with Crippen molar-refractivity contribution < 1.29 is 0 Å². The van der Waals surface area contributed by atoms with Gasteiger partial charge in [-0.1, -0.05) is 45.0 Å². The molecule has 18 heavy (non-hydrogen) atoms. The third-order valence-corrected chi connectivity index (χ3v) is 3.05. The first kappa shape index (κ1) is 12.6. The monoisotopic (exact) mass is 244 g/mol. The smallest absolute Gasteiger partial charge is 0.239 e.